The number of amides is 1. The summed E-state index contributed by atoms with van der Waals surface area (Å²) in [6, 6.07) is 6.62. The summed E-state index contributed by atoms with van der Waals surface area (Å²) < 4.78 is 45.1. The Kier molecular flexibility index (Phi) is 10.7. The first-order valence-corrected chi connectivity index (χ1v) is 11.7. The highest BCUT2D eigenvalue weighted by Gasteiger charge is 2.23. The fourth-order valence-electron chi connectivity index (χ4n) is 3.18. The van der Waals surface area contributed by atoms with Crippen LogP contribution in [-0.2, 0) is 33.3 Å². The Bertz CT molecular complexity index is 728. The first-order valence-electron chi connectivity index (χ1n) is 10.3. The number of hydrogen-bond acceptors (Lipinski definition) is 7. The number of carbonyl (C=O) groups is 1. The van der Waals surface area contributed by atoms with Gasteiger partial charge in [-0.05, 0) is 44.2 Å². The van der Waals surface area contributed by atoms with Crippen molar-refractivity contribution < 1.29 is 31.6 Å². The second-order valence-corrected chi connectivity index (χ2v) is 8.98. The maximum absolute atomic E-state index is 12.2. The molecule has 0 N–H and O–H groups in total. The Morgan fingerprint density at radius 1 is 1.00 bits per heavy atom. The summed E-state index contributed by atoms with van der Waals surface area (Å²) in [7, 11) is -2.11. The van der Waals surface area contributed by atoms with Crippen LogP contribution in [0.25, 0.3) is 0 Å². The van der Waals surface area contributed by atoms with Gasteiger partial charge in [-0.3, -0.25) is 8.98 Å². The molecule has 30 heavy (non-hydrogen) atoms. The zero-order valence-corrected chi connectivity index (χ0v) is 18.7. The molecule has 1 aliphatic heterocycles. The summed E-state index contributed by atoms with van der Waals surface area (Å²) in [6.45, 7) is 5.28. The van der Waals surface area contributed by atoms with Crippen molar-refractivity contribution in [1.29, 1.82) is 0 Å². The molecule has 1 amide bonds. The maximum atomic E-state index is 12.2. The highest BCUT2D eigenvalue weighted by Crippen LogP contribution is 2.22. The molecule has 1 fully saturated rings. The largest absolute Gasteiger partial charge is 0.382 e. The summed E-state index contributed by atoms with van der Waals surface area (Å²) >= 11 is 0. The third-order valence-corrected chi connectivity index (χ3v) is 6.40. The minimum Gasteiger partial charge on any atom is -0.382 e. The Morgan fingerprint density at radius 2 is 1.63 bits per heavy atom. The SMILES string of the molecule is COCCOCCOCC(=O)N1CCC(CCOS(=O)(=O)c2ccc(C)cc2)CC1. The number of piperidine rings is 1. The van der Waals surface area contributed by atoms with E-state index in [1.54, 1.807) is 36.3 Å². The Balaban J connectivity index is 1.59. The molecule has 0 bridgehead atoms. The van der Waals surface area contributed by atoms with Crippen molar-refractivity contribution in [3.05, 3.63) is 29.8 Å². The fraction of sp³-hybridized carbons (Fsp3) is 0.667. The number of nitrogens with zero attached hydrogens (tertiary/aromatic N) is 1. The Morgan fingerprint density at radius 3 is 2.30 bits per heavy atom. The van der Waals surface area contributed by atoms with Gasteiger partial charge >= 0.3 is 0 Å². The number of aryl methyl sites for hydroxylation is 1. The number of carbonyl (C=O) groups excluding carboxylic acids is 1. The standard InChI is InChI=1S/C21H33NO7S/c1-18-3-5-20(6-4-18)30(24,25)29-12-9-19-7-10-22(11-8-19)21(23)17-28-16-15-27-14-13-26-2/h3-6,19H,7-17H2,1-2H3. The first-order chi connectivity index (χ1) is 14.4. The number of rotatable bonds is 13. The molecule has 2 rings (SSSR count). The molecule has 1 heterocycles. The second kappa shape index (κ2) is 13.0. The molecule has 1 aromatic rings. The van der Waals surface area contributed by atoms with Gasteiger partial charge in [-0.15, -0.1) is 0 Å². The van der Waals surface area contributed by atoms with Gasteiger partial charge in [0.05, 0.1) is 37.9 Å². The van der Waals surface area contributed by atoms with Crippen LogP contribution in [0.4, 0.5) is 0 Å². The molecule has 0 spiro atoms. The summed E-state index contributed by atoms with van der Waals surface area (Å²) in [5.74, 6) is 0.320. The van der Waals surface area contributed by atoms with Crippen molar-refractivity contribution in [3.8, 4) is 0 Å². The monoisotopic (exact) mass is 443 g/mol. The van der Waals surface area contributed by atoms with Crippen molar-refractivity contribution in [3.63, 3.8) is 0 Å². The molecule has 0 radical (unpaired) electrons. The molecule has 9 heteroatoms. The van der Waals surface area contributed by atoms with Gasteiger partial charge in [0, 0.05) is 20.2 Å². The van der Waals surface area contributed by atoms with Gasteiger partial charge in [-0.2, -0.15) is 8.42 Å². The Labute approximate surface area is 179 Å². The first kappa shape index (κ1) is 24.7. The number of ether oxygens (including phenoxy) is 3. The lowest BCUT2D eigenvalue weighted by Gasteiger charge is -2.31. The molecule has 0 atom stereocenters. The second-order valence-electron chi connectivity index (χ2n) is 7.36. The molecule has 0 aliphatic carbocycles. The lowest BCUT2D eigenvalue weighted by Crippen LogP contribution is -2.40. The highest BCUT2D eigenvalue weighted by atomic mass is 32.2. The van der Waals surface area contributed by atoms with Gasteiger partial charge in [-0.1, -0.05) is 17.7 Å². The summed E-state index contributed by atoms with van der Waals surface area (Å²) in [5.41, 5.74) is 0.996. The molecule has 1 aliphatic rings. The van der Waals surface area contributed by atoms with Crippen LogP contribution in [0.3, 0.4) is 0 Å². The van der Waals surface area contributed by atoms with E-state index in [2.05, 4.69) is 0 Å². The van der Waals surface area contributed by atoms with E-state index < -0.39 is 10.1 Å². The van der Waals surface area contributed by atoms with E-state index in [0.29, 0.717) is 51.9 Å². The zero-order valence-electron chi connectivity index (χ0n) is 17.9. The fourth-order valence-corrected chi connectivity index (χ4v) is 4.10. The van der Waals surface area contributed by atoms with Crippen molar-refractivity contribution in [2.75, 3.05) is 59.8 Å². The van der Waals surface area contributed by atoms with Gasteiger partial charge in [0.15, 0.2) is 0 Å². The highest BCUT2D eigenvalue weighted by molar-refractivity contribution is 7.86. The van der Waals surface area contributed by atoms with Crippen LogP contribution in [0, 0.1) is 12.8 Å². The molecule has 8 nitrogen and oxygen atoms in total. The van der Waals surface area contributed by atoms with E-state index in [-0.39, 0.29) is 24.0 Å². The molecule has 170 valence electrons. The molecular formula is C21H33NO7S. The van der Waals surface area contributed by atoms with Crippen LogP contribution < -0.4 is 0 Å². The maximum Gasteiger partial charge on any atom is 0.296 e. The normalized spacial score (nSPS) is 15.5. The lowest BCUT2D eigenvalue weighted by molar-refractivity contribution is -0.138. The smallest absolute Gasteiger partial charge is 0.296 e. The number of likely N-dealkylation sites (tertiary alicyclic amines) is 1. The van der Waals surface area contributed by atoms with Crippen molar-refractivity contribution in [2.45, 2.75) is 31.1 Å². The van der Waals surface area contributed by atoms with Gasteiger partial charge < -0.3 is 19.1 Å². The van der Waals surface area contributed by atoms with Gasteiger partial charge in [-0.25, -0.2) is 0 Å². The van der Waals surface area contributed by atoms with E-state index in [1.807, 2.05) is 6.92 Å². The molecular weight excluding hydrogens is 410 g/mol. The Hall–Kier alpha value is -1.52. The average molecular weight is 444 g/mol. The number of methoxy groups -OCH3 is 1. The van der Waals surface area contributed by atoms with Crippen LogP contribution in [0.15, 0.2) is 29.2 Å². The molecule has 1 aromatic carbocycles. The molecule has 1 saturated heterocycles. The van der Waals surface area contributed by atoms with Gasteiger partial charge in [0.25, 0.3) is 10.1 Å². The van der Waals surface area contributed by atoms with Crippen molar-refractivity contribution in [2.24, 2.45) is 5.92 Å². The third kappa shape index (κ3) is 8.69. The third-order valence-electron chi connectivity index (χ3n) is 5.07. The van der Waals surface area contributed by atoms with E-state index in [4.69, 9.17) is 18.4 Å². The van der Waals surface area contributed by atoms with Crippen LogP contribution in [0.1, 0.15) is 24.8 Å². The van der Waals surface area contributed by atoms with E-state index >= 15 is 0 Å². The van der Waals surface area contributed by atoms with Crippen LogP contribution in [0.2, 0.25) is 0 Å². The van der Waals surface area contributed by atoms with E-state index in [1.165, 1.54) is 0 Å². The van der Waals surface area contributed by atoms with Gasteiger partial charge in [0.1, 0.15) is 6.61 Å². The average Bonchev–Trinajstić information content (AvgIpc) is 2.73. The van der Waals surface area contributed by atoms with E-state index in [0.717, 1.165) is 18.4 Å². The van der Waals surface area contributed by atoms with Gasteiger partial charge in [0.2, 0.25) is 5.91 Å². The summed E-state index contributed by atoms with van der Waals surface area (Å²) in [5, 5.41) is 0. The minimum absolute atomic E-state index is 0.0245. The quantitative estimate of drug-likeness (QED) is 0.340. The number of hydrogen-bond donors (Lipinski definition) is 0. The minimum atomic E-state index is -3.72. The molecule has 0 saturated carbocycles. The summed E-state index contributed by atoms with van der Waals surface area (Å²) in [6.07, 6.45) is 2.32. The number of benzene rings is 1. The van der Waals surface area contributed by atoms with Crippen molar-refractivity contribution in [1.82, 2.24) is 4.90 Å². The molecule has 0 unspecified atom stereocenters. The van der Waals surface area contributed by atoms with Crippen LogP contribution in [0.5, 0.6) is 0 Å². The lowest BCUT2D eigenvalue weighted by atomic mass is 9.94. The van der Waals surface area contributed by atoms with Crippen molar-refractivity contribution >= 4 is 16.0 Å². The van der Waals surface area contributed by atoms with Crippen LogP contribution >= 0.6 is 0 Å². The molecule has 0 aromatic heterocycles. The van der Waals surface area contributed by atoms with Crippen LogP contribution in [-0.4, -0.2) is 79.1 Å². The topological polar surface area (TPSA) is 91.4 Å². The summed E-state index contributed by atoms with van der Waals surface area (Å²) in [4.78, 5) is 14.2. The predicted molar refractivity (Wildman–Crippen MR) is 112 cm³/mol. The predicted octanol–water partition coefficient (Wildman–Crippen LogP) is 2.01. The van der Waals surface area contributed by atoms with E-state index in [9.17, 15) is 13.2 Å². The zero-order chi connectivity index (χ0) is 21.8.